The fourth-order valence-electron chi connectivity index (χ4n) is 8.62. The van der Waals surface area contributed by atoms with E-state index >= 15 is 0 Å². The van der Waals surface area contributed by atoms with E-state index in [9.17, 15) is 59.4 Å². The summed E-state index contributed by atoms with van der Waals surface area (Å²) in [5.41, 5.74) is 2.52. The fraction of sp³-hybridized carbons (Fsp3) is 0.556. The molecule has 2 saturated heterocycles. The summed E-state index contributed by atoms with van der Waals surface area (Å²) in [6.45, 7) is 7.35. The number of aromatic nitrogens is 3. The summed E-state index contributed by atoms with van der Waals surface area (Å²) in [6, 6.07) is 9.41. The number of amides is 2. The number of benzene rings is 2. The molecule has 360 valence electrons. The van der Waals surface area contributed by atoms with Crippen molar-refractivity contribution in [3.05, 3.63) is 53.3 Å². The standard InChI is InChI=1S/C45H63N9O12/c1-4-46-44(64)43-48-47-42(34-24-33(29(2)3)36(55)25-37(34)56)54(43)32-7-5-30(6-8-32)23-31-11-13-53(14-12-31)38(57)10-9-35(45(65)66)52-21-19-50(27-40(60)61)17-15-49(26-39(58)59)16-18-51(20-22-52)28-41(62)63/h5-8,24-25,29,31,35,55-56H,4,9-23,26-28H2,1-3H3,(H,46,64)(H,58,59)(H,60,61)(H,62,63)(H,65,66)/t35-/m1/s1. The van der Waals surface area contributed by atoms with Crippen LogP contribution in [-0.2, 0) is 30.4 Å². The van der Waals surface area contributed by atoms with E-state index in [0.717, 1.165) is 24.8 Å². The van der Waals surface area contributed by atoms with Crippen LogP contribution in [0.25, 0.3) is 17.1 Å². The lowest BCUT2D eigenvalue weighted by molar-refractivity contribution is -0.145. The average Bonchev–Trinajstić information content (AvgIpc) is 3.69. The molecule has 2 aliphatic rings. The molecule has 1 aromatic heterocycles. The molecule has 66 heavy (non-hydrogen) atoms. The van der Waals surface area contributed by atoms with E-state index in [-0.39, 0.29) is 126 Å². The topological polar surface area (TPSA) is 283 Å². The summed E-state index contributed by atoms with van der Waals surface area (Å²) >= 11 is 0. The number of rotatable bonds is 18. The number of piperidine rings is 1. The smallest absolute Gasteiger partial charge is 0.320 e. The lowest BCUT2D eigenvalue weighted by Gasteiger charge is -2.36. The number of carbonyl (C=O) groups is 6. The molecule has 0 unspecified atom stereocenters. The molecule has 2 fully saturated rings. The van der Waals surface area contributed by atoms with E-state index in [1.54, 1.807) is 42.1 Å². The van der Waals surface area contributed by atoms with E-state index in [1.807, 2.05) is 38.1 Å². The Balaban J connectivity index is 1.22. The molecule has 0 saturated carbocycles. The maximum absolute atomic E-state index is 13.6. The number of carbonyl (C=O) groups excluding carboxylic acids is 2. The van der Waals surface area contributed by atoms with Crippen molar-refractivity contribution >= 4 is 35.7 Å². The van der Waals surface area contributed by atoms with Crippen molar-refractivity contribution in [3.63, 3.8) is 0 Å². The van der Waals surface area contributed by atoms with Crippen LogP contribution in [0.1, 0.15) is 74.1 Å². The molecule has 0 bridgehead atoms. The van der Waals surface area contributed by atoms with Gasteiger partial charge in [0.05, 0.1) is 25.2 Å². The molecule has 3 aromatic rings. The number of phenols is 2. The molecule has 21 heteroatoms. The monoisotopic (exact) mass is 921 g/mol. The number of hydrogen-bond acceptors (Lipinski definition) is 14. The zero-order valence-corrected chi connectivity index (χ0v) is 37.8. The molecule has 0 spiro atoms. The number of carboxylic acid groups (broad SMARTS) is 4. The van der Waals surface area contributed by atoms with Gasteiger partial charge < -0.3 is 40.9 Å². The average molecular weight is 922 g/mol. The van der Waals surface area contributed by atoms with Gasteiger partial charge in [0.15, 0.2) is 5.82 Å². The first-order valence-electron chi connectivity index (χ1n) is 22.4. The molecule has 5 rings (SSSR count). The van der Waals surface area contributed by atoms with Gasteiger partial charge >= 0.3 is 23.9 Å². The molecular formula is C45H63N9O12. The molecule has 2 amide bonds. The third kappa shape index (κ3) is 14.2. The number of hydrogen-bond donors (Lipinski definition) is 7. The minimum atomic E-state index is -1.15. The molecule has 0 radical (unpaired) electrons. The number of phenolic OH excluding ortho intramolecular Hbond substituents is 2. The Morgan fingerprint density at radius 1 is 0.712 bits per heavy atom. The Hall–Kier alpha value is -6.16. The molecule has 2 aromatic carbocycles. The molecule has 0 aliphatic carbocycles. The van der Waals surface area contributed by atoms with Gasteiger partial charge in [-0.3, -0.25) is 52.9 Å². The van der Waals surface area contributed by atoms with Gasteiger partial charge in [0.25, 0.3) is 5.91 Å². The minimum absolute atomic E-state index is 0.00802. The second kappa shape index (κ2) is 23.9. The number of aliphatic carboxylic acids is 4. The van der Waals surface area contributed by atoms with Gasteiger partial charge in [-0.1, -0.05) is 26.0 Å². The number of likely N-dealkylation sites (tertiary alicyclic amines) is 1. The van der Waals surface area contributed by atoms with Crippen molar-refractivity contribution in [2.75, 3.05) is 91.6 Å². The van der Waals surface area contributed by atoms with Crippen LogP contribution in [0.3, 0.4) is 0 Å². The van der Waals surface area contributed by atoms with Crippen molar-refractivity contribution in [1.29, 1.82) is 0 Å². The third-order valence-corrected chi connectivity index (χ3v) is 12.2. The number of aromatic hydroxyl groups is 2. The quantitative estimate of drug-likeness (QED) is 0.0956. The maximum atomic E-state index is 13.6. The molecule has 21 nitrogen and oxygen atoms in total. The van der Waals surface area contributed by atoms with Crippen LogP contribution in [0.4, 0.5) is 0 Å². The summed E-state index contributed by atoms with van der Waals surface area (Å²) in [5, 5.41) is 71.5. The highest BCUT2D eigenvalue weighted by Crippen LogP contribution is 2.38. The summed E-state index contributed by atoms with van der Waals surface area (Å²) in [7, 11) is 0. The highest BCUT2D eigenvalue weighted by molar-refractivity contribution is 5.92. The summed E-state index contributed by atoms with van der Waals surface area (Å²) < 4.78 is 1.57. The highest BCUT2D eigenvalue weighted by Gasteiger charge is 2.31. The predicted octanol–water partition coefficient (Wildman–Crippen LogP) is 1.71. The second-order valence-corrected chi connectivity index (χ2v) is 17.3. The first kappa shape index (κ1) is 50.8. The van der Waals surface area contributed by atoms with Crippen LogP contribution in [0, 0.1) is 5.92 Å². The zero-order valence-electron chi connectivity index (χ0n) is 37.8. The van der Waals surface area contributed by atoms with Gasteiger partial charge in [-0.15, -0.1) is 10.2 Å². The second-order valence-electron chi connectivity index (χ2n) is 17.3. The molecular weight excluding hydrogens is 859 g/mol. The van der Waals surface area contributed by atoms with Gasteiger partial charge in [0.2, 0.25) is 11.7 Å². The lowest BCUT2D eigenvalue weighted by Crippen LogP contribution is -2.52. The molecule has 3 heterocycles. The van der Waals surface area contributed by atoms with Crippen molar-refractivity contribution < 1.29 is 59.4 Å². The van der Waals surface area contributed by atoms with Crippen LogP contribution in [0.5, 0.6) is 11.5 Å². The maximum Gasteiger partial charge on any atom is 0.320 e. The Morgan fingerprint density at radius 3 is 1.73 bits per heavy atom. The van der Waals surface area contributed by atoms with Gasteiger partial charge in [-0.25, -0.2) is 0 Å². The first-order valence-corrected chi connectivity index (χ1v) is 22.4. The van der Waals surface area contributed by atoms with Crippen LogP contribution in [0.2, 0.25) is 0 Å². The lowest BCUT2D eigenvalue weighted by atomic mass is 9.90. The first-order chi connectivity index (χ1) is 31.4. The van der Waals surface area contributed by atoms with E-state index in [0.29, 0.717) is 36.4 Å². The molecule has 2 aliphatic heterocycles. The van der Waals surface area contributed by atoms with Gasteiger partial charge in [0.1, 0.15) is 17.5 Å². The van der Waals surface area contributed by atoms with Gasteiger partial charge in [0, 0.05) is 90.2 Å². The van der Waals surface area contributed by atoms with Gasteiger partial charge in [-0.2, -0.15) is 0 Å². The number of nitrogens with zero attached hydrogens (tertiary/aromatic N) is 8. The number of carboxylic acids is 4. The number of nitrogens with one attached hydrogen (secondary N) is 1. The van der Waals surface area contributed by atoms with Crippen LogP contribution < -0.4 is 5.32 Å². The van der Waals surface area contributed by atoms with E-state index in [1.165, 1.54) is 6.07 Å². The van der Waals surface area contributed by atoms with Crippen LogP contribution in [0.15, 0.2) is 36.4 Å². The van der Waals surface area contributed by atoms with E-state index in [2.05, 4.69) is 15.5 Å². The Labute approximate surface area is 383 Å². The van der Waals surface area contributed by atoms with Crippen LogP contribution >= 0.6 is 0 Å². The van der Waals surface area contributed by atoms with Crippen LogP contribution in [-0.4, -0.2) is 203 Å². The SMILES string of the molecule is CCNC(=O)c1nnc(-c2cc(C(C)C)c(O)cc2O)n1-c1ccc(CC2CCN(C(=O)CC[C@H](C(=O)O)N3CCN(CC(=O)O)CCN(CC(=O)O)CCN(CC(=O)O)CC3)CC2)cc1. The van der Waals surface area contributed by atoms with E-state index < -0.39 is 35.8 Å². The van der Waals surface area contributed by atoms with Crippen molar-refractivity contribution in [2.24, 2.45) is 5.92 Å². The summed E-state index contributed by atoms with van der Waals surface area (Å²) in [5.74, 6) is -4.84. The normalized spacial score (nSPS) is 17.2. The van der Waals surface area contributed by atoms with Crippen molar-refractivity contribution in [1.82, 2.24) is 44.6 Å². The van der Waals surface area contributed by atoms with Gasteiger partial charge in [-0.05, 0) is 73.8 Å². The van der Waals surface area contributed by atoms with E-state index in [4.69, 9.17) is 0 Å². The predicted molar refractivity (Wildman–Crippen MR) is 240 cm³/mol. The zero-order chi connectivity index (χ0) is 48.1. The van der Waals surface area contributed by atoms with Crippen molar-refractivity contribution in [3.8, 4) is 28.6 Å². The third-order valence-electron chi connectivity index (χ3n) is 12.2. The molecule has 1 atom stereocenters. The summed E-state index contributed by atoms with van der Waals surface area (Å²) in [4.78, 5) is 82.7. The Morgan fingerprint density at radius 2 is 1.24 bits per heavy atom. The minimum Gasteiger partial charge on any atom is -0.508 e. The highest BCUT2D eigenvalue weighted by atomic mass is 16.4. The largest absolute Gasteiger partial charge is 0.508 e. The Kier molecular flexibility index (Phi) is 18.4. The molecule has 7 N–H and O–H groups in total. The van der Waals surface area contributed by atoms with Crippen molar-refractivity contribution in [2.45, 2.75) is 64.8 Å². The summed E-state index contributed by atoms with van der Waals surface area (Å²) in [6.07, 6.45) is 2.12. The Bertz CT molecular complexity index is 2140. The fourth-order valence-corrected chi connectivity index (χ4v) is 8.62.